The largest absolute Gasteiger partial charge is 0.304 e. The summed E-state index contributed by atoms with van der Waals surface area (Å²) in [4.78, 5) is 4.39. The minimum atomic E-state index is -0.278. The van der Waals surface area contributed by atoms with Crippen LogP contribution in [0.25, 0.3) is 11.3 Å². The summed E-state index contributed by atoms with van der Waals surface area (Å²) >= 11 is 0. The molecule has 0 spiro atoms. The van der Waals surface area contributed by atoms with Crippen molar-refractivity contribution in [1.82, 2.24) is 4.98 Å². The van der Waals surface area contributed by atoms with Crippen molar-refractivity contribution in [2.45, 2.75) is 26.2 Å². The predicted octanol–water partition coefficient (Wildman–Crippen LogP) is 3.98. The fourth-order valence-corrected chi connectivity index (χ4v) is 1.56. The molecule has 2 rings (SSSR count). The van der Waals surface area contributed by atoms with Crippen molar-refractivity contribution >= 4 is 0 Å². The molecule has 0 atom stereocenters. The Morgan fingerprint density at radius 1 is 1.11 bits per heavy atom. The summed E-state index contributed by atoms with van der Waals surface area (Å²) in [5, 5.41) is 0. The second kappa shape index (κ2) is 5.73. The molecule has 0 unspecified atom stereocenters. The van der Waals surface area contributed by atoms with Crippen molar-refractivity contribution < 1.29 is 24.5 Å². The van der Waals surface area contributed by atoms with Gasteiger partial charge in [0, 0.05) is 32.1 Å². The first kappa shape index (κ1) is 15.0. The van der Waals surface area contributed by atoms with E-state index in [9.17, 15) is 4.39 Å². The van der Waals surface area contributed by atoms with Crippen molar-refractivity contribution in [2.24, 2.45) is 0 Å². The first-order chi connectivity index (χ1) is 7.97. The Labute approximate surface area is 121 Å². The van der Waals surface area contributed by atoms with Crippen LogP contribution < -0.4 is 0 Å². The average molecular weight is 421 g/mol. The molecule has 1 radical (unpaired) electrons. The summed E-state index contributed by atoms with van der Waals surface area (Å²) < 4.78 is 12.8. The third-order valence-electron chi connectivity index (χ3n) is 2.68. The van der Waals surface area contributed by atoms with Gasteiger partial charge in [0.25, 0.3) is 0 Å². The number of benzene rings is 1. The first-order valence-electron chi connectivity index (χ1n) is 5.61. The molecule has 0 saturated heterocycles. The second-order valence-corrected chi connectivity index (χ2v) is 5.10. The smallest absolute Gasteiger partial charge is 0.0379 e. The molecule has 0 saturated carbocycles. The molecule has 0 aliphatic carbocycles. The maximum atomic E-state index is 12.8. The Bertz CT molecular complexity index is 498. The summed E-state index contributed by atoms with van der Waals surface area (Å²) in [6.45, 7) is 6.44. The number of halogens is 1. The Morgan fingerprint density at radius 3 is 2.28 bits per heavy atom. The van der Waals surface area contributed by atoms with E-state index in [-0.39, 0.29) is 31.3 Å². The van der Waals surface area contributed by atoms with Crippen molar-refractivity contribution in [1.29, 1.82) is 0 Å². The van der Waals surface area contributed by atoms with Gasteiger partial charge in [-0.2, -0.15) is 0 Å². The van der Waals surface area contributed by atoms with Gasteiger partial charge in [-0.05, 0) is 16.7 Å². The first-order valence-corrected chi connectivity index (χ1v) is 5.61. The Kier molecular flexibility index (Phi) is 4.77. The molecule has 1 aromatic carbocycles. The Morgan fingerprint density at radius 2 is 1.83 bits per heavy atom. The fraction of sp³-hybridized carbons (Fsp3) is 0.267. The number of rotatable bonds is 1. The average Bonchev–Trinajstić information content (AvgIpc) is 2.29. The van der Waals surface area contributed by atoms with E-state index >= 15 is 0 Å². The summed E-state index contributed by atoms with van der Waals surface area (Å²) in [5.41, 5.74) is 2.91. The molecular weight excluding hydrogens is 405 g/mol. The third-order valence-corrected chi connectivity index (χ3v) is 2.68. The zero-order valence-electron chi connectivity index (χ0n) is 10.6. The van der Waals surface area contributed by atoms with Gasteiger partial charge in [-0.3, -0.25) is 4.39 Å². The SMILES string of the molecule is CC(C)(C)c1ccc(-c2[c-]cc(F)cc2)nc1.[Ir]. The molecule has 0 N–H and O–H groups in total. The molecule has 0 aliphatic heterocycles. The van der Waals surface area contributed by atoms with Crippen LogP contribution in [0.2, 0.25) is 0 Å². The van der Waals surface area contributed by atoms with Gasteiger partial charge in [-0.1, -0.05) is 32.9 Å². The van der Waals surface area contributed by atoms with Crippen LogP contribution in [0, 0.1) is 11.9 Å². The zero-order valence-corrected chi connectivity index (χ0v) is 13.0. The molecule has 18 heavy (non-hydrogen) atoms. The van der Waals surface area contributed by atoms with Crippen molar-refractivity contribution in [3.05, 3.63) is 54.0 Å². The third kappa shape index (κ3) is 3.47. The van der Waals surface area contributed by atoms with E-state index < -0.39 is 0 Å². The van der Waals surface area contributed by atoms with Gasteiger partial charge in [0.1, 0.15) is 0 Å². The zero-order chi connectivity index (χ0) is 12.5. The Balaban J connectivity index is 0.00000162. The van der Waals surface area contributed by atoms with E-state index in [2.05, 4.69) is 37.9 Å². The summed E-state index contributed by atoms with van der Waals surface area (Å²) in [6.07, 6.45) is 1.87. The molecule has 2 aromatic rings. The van der Waals surface area contributed by atoms with E-state index in [1.54, 1.807) is 6.07 Å². The van der Waals surface area contributed by atoms with Crippen molar-refractivity contribution in [3.8, 4) is 11.3 Å². The van der Waals surface area contributed by atoms with E-state index in [0.717, 1.165) is 11.3 Å². The normalized spacial score (nSPS) is 10.9. The number of pyridine rings is 1. The maximum Gasteiger partial charge on any atom is 0.0379 e. The van der Waals surface area contributed by atoms with Gasteiger partial charge in [-0.15, -0.1) is 29.8 Å². The molecule has 1 nitrogen and oxygen atoms in total. The standard InChI is InChI=1S/C15H15FN.Ir/c1-15(2,3)12-6-9-14(17-10-12)11-4-7-13(16)8-5-11;/h4,6-10H,1-3H3;/q-1;. The molecule has 1 aromatic heterocycles. The van der Waals surface area contributed by atoms with Crippen LogP contribution in [-0.2, 0) is 25.5 Å². The second-order valence-electron chi connectivity index (χ2n) is 5.10. The minimum Gasteiger partial charge on any atom is -0.304 e. The van der Waals surface area contributed by atoms with Crippen LogP contribution in [0.3, 0.4) is 0 Å². The monoisotopic (exact) mass is 421 g/mol. The minimum absolute atomic E-state index is 0. The summed E-state index contributed by atoms with van der Waals surface area (Å²) in [5.74, 6) is -0.278. The van der Waals surface area contributed by atoms with Crippen LogP contribution in [-0.4, -0.2) is 4.98 Å². The van der Waals surface area contributed by atoms with Gasteiger partial charge in [0.15, 0.2) is 0 Å². The summed E-state index contributed by atoms with van der Waals surface area (Å²) in [6, 6.07) is 11.3. The van der Waals surface area contributed by atoms with Gasteiger partial charge in [0.05, 0.1) is 0 Å². The van der Waals surface area contributed by atoms with E-state index in [0.29, 0.717) is 0 Å². The fourth-order valence-electron chi connectivity index (χ4n) is 1.56. The van der Waals surface area contributed by atoms with E-state index in [1.165, 1.54) is 17.7 Å². The van der Waals surface area contributed by atoms with Crippen LogP contribution in [0.4, 0.5) is 4.39 Å². The molecule has 1 heterocycles. The van der Waals surface area contributed by atoms with Crippen molar-refractivity contribution in [2.75, 3.05) is 0 Å². The molecular formula is C15H15FIrN-. The molecule has 0 bridgehead atoms. The molecule has 0 fully saturated rings. The molecule has 0 aliphatic rings. The van der Waals surface area contributed by atoms with Crippen molar-refractivity contribution in [3.63, 3.8) is 0 Å². The van der Waals surface area contributed by atoms with Crippen LogP contribution in [0.1, 0.15) is 26.3 Å². The number of nitrogens with zero attached hydrogens (tertiary/aromatic N) is 1. The summed E-state index contributed by atoms with van der Waals surface area (Å²) in [7, 11) is 0. The van der Waals surface area contributed by atoms with Crippen LogP contribution in [0.5, 0.6) is 0 Å². The van der Waals surface area contributed by atoms with Crippen LogP contribution in [0.15, 0.2) is 36.5 Å². The van der Waals surface area contributed by atoms with Gasteiger partial charge in [0.2, 0.25) is 0 Å². The molecule has 3 heteroatoms. The molecule has 97 valence electrons. The maximum absolute atomic E-state index is 12.8. The van der Waals surface area contributed by atoms with E-state index in [4.69, 9.17) is 0 Å². The van der Waals surface area contributed by atoms with Gasteiger partial charge >= 0.3 is 0 Å². The quantitative estimate of drug-likeness (QED) is 0.636. The Hall–Kier alpha value is -1.05. The topological polar surface area (TPSA) is 12.9 Å². The number of aromatic nitrogens is 1. The van der Waals surface area contributed by atoms with Crippen LogP contribution >= 0.6 is 0 Å². The predicted molar refractivity (Wildman–Crippen MR) is 67.2 cm³/mol. The number of hydrogen-bond acceptors (Lipinski definition) is 1. The van der Waals surface area contributed by atoms with E-state index in [1.807, 2.05) is 12.3 Å². The number of hydrogen-bond donors (Lipinski definition) is 0. The molecule has 0 amide bonds. The van der Waals surface area contributed by atoms with Gasteiger partial charge < -0.3 is 4.98 Å². The van der Waals surface area contributed by atoms with Gasteiger partial charge in [-0.25, -0.2) is 0 Å².